The first kappa shape index (κ1) is 16.2. The van der Waals surface area contributed by atoms with Gasteiger partial charge in [0.1, 0.15) is 12.0 Å². The Kier molecular flexibility index (Phi) is 4.11. The van der Waals surface area contributed by atoms with Crippen LogP contribution in [0.5, 0.6) is 0 Å². The van der Waals surface area contributed by atoms with Gasteiger partial charge in [-0.2, -0.15) is 4.98 Å². The van der Waals surface area contributed by atoms with Crippen molar-refractivity contribution in [3.05, 3.63) is 54.7 Å². The highest BCUT2D eigenvalue weighted by Crippen LogP contribution is 2.35. The monoisotopic (exact) mass is 354 g/mol. The molecule has 1 aliphatic heterocycles. The molecule has 3 aromatic rings. The molecule has 26 heavy (non-hydrogen) atoms. The number of hydrogen-bond donors (Lipinski definition) is 0. The highest BCUT2D eigenvalue weighted by atomic mass is 19.1. The van der Waals surface area contributed by atoms with Crippen LogP contribution in [0.15, 0.2) is 47.6 Å². The Morgan fingerprint density at radius 1 is 1.27 bits per heavy atom. The maximum atomic E-state index is 15.5. The number of carbonyl (C=O) groups excluding carboxylic acids is 1. The molecule has 0 aliphatic carbocycles. The van der Waals surface area contributed by atoms with Gasteiger partial charge in [-0.15, -0.1) is 0 Å². The molecule has 1 aliphatic rings. The quantitative estimate of drug-likeness (QED) is 0.709. The van der Waals surface area contributed by atoms with Gasteiger partial charge in [0.05, 0.1) is 6.54 Å². The third-order valence-corrected chi connectivity index (χ3v) is 4.26. The molecule has 0 radical (unpaired) electrons. The van der Waals surface area contributed by atoms with Crippen molar-refractivity contribution in [2.24, 2.45) is 0 Å². The van der Waals surface area contributed by atoms with Gasteiger partial charge in [-0.1, -0.05) is 5.16 Å². The molecule has 0 saturated carbocycles. The summed E-state index contributed by atoms with van der Waals surface area (Å²) in [6, 6.07) is 5.00. The third-order valence-electron chi connectivity index (χ3n) is 4.26. The minimum absolute atomic E-state index is 0.128. The smallest absolute Gasteiger partial charge is 0.272 e. The molecule has 0 bridgehead atoms. The van der Waals surface area contributed by atoms with Gasteiger partial charge in [0.2, 0.25) is 11.5 Å². The molecule has 1 amide bonds. The lowest BCUT2D eigenvalue weighted by atomic mass is 9.94. The second-order valence-electron chi connectivity index (χ2n) is 6.06. The van der Waals surface area contributed by atoms with E-state index in [2.05, 4.69) is 25.1 Å². The predicted octanol–water partition coefficient (Wildman–Crippen LogP) is 2.02. The highest BCUT2D eigenvalue weighted by molar-refractivity contribution is 5.92. The van der Waals surface area contributed by atoms with Crippen molar-refractivity contribution >= 4 is 5.91 Å². The van der Waals surface area contributed by atoms with Crippen LogP contribution in [-0.2, 0) is 5.67 Å². The average molecular weight is 354 g/mol. The topological polar surface area (TPSA) is 97.9 Å². The Hall–Kier alpha value is -3.23. The van der Waals surface area contributed by atoms with Crippen LogP contribution in [0.25, 0.3) is 11.4 Å². The van der Waals surface area contributed by atoms with Crippen LogP contribution >= 0.6 is 0 Å². The Morgan fingerprint density at radius 2 is 2.19 bits per heavy atom. The van der Waals surface area contributed by atoms with E-state index in [-0.39, 0.29) is 36.3 Å². The largest absolute Gasteiger partial charge is 0.335 e. The van der Waals surface area contributed by atoms with E-state index in [0.717, 1.165) is 0 Å². The predicted molar refractivity (Wildman–Crippen MR) is 87.5 cm³/mol. The van der Waals surface area contributed by atoms with Crippen molar-refractivity contribution in [1.82, 2.24) is 30.0 Å². The summed E-state index contributed by atoms with van der Waals surface area (Å²) < 4.78 is 20.7. The molecular weight excluding hydrogens is 339 g/mol. The van der Waals surface area contributed by atoms with Crippen LogP contribution in [0.4, 0.5) is 4.39 Å². The summed E-state index contributed by atoms with van der Waals surface area (Å²) in [5.74, 6) is -0.206. The molecule has 0 aromatic carbocycles. The molecule has 1 saturated heterocycles. The molecule has 1 unspecified atom stereocenters. The van der Waals surface area contributed by atoms with Gasteiger partial charge in [0.25, 0.3) is 11.8 Å². The van der Waals surface area contributed by atoms with Crippen LogP contribution < -0.4 is 0 Å². The molecule has 132 valence electrons. The summed E-state index contributed by atoms with van der Waals surface area (Å²) >= 11 is 0. The number of carbonyl (C=O) groups is 1. The Labute approximate surface area is 148 Å². The van der Waals surface area contributed by atoms with Crippen molar-refractivity contribution in [2.45, 2.75) is 18.5 Å². The number of aromatic nitrogens is 5. The van der Waals surface area contributed by atoms with Gasteiger partial charge in [-0.3, -0.25) is 9.78 Å². The molecule has 4 rings (SSSR count). The molecule has 1 fully saturated rings. The lowest BCUT2D eigenvalue weighted by Crippen LogP contribution is -2.46. The van der Waals surface area contributed by atoms with Crippen molar-refractivity contribution in [3.8, 4) is 11.4 Å². The zero-order valence-electron chi connectivity index (χ0n) is 13.7. The van der Waals surface area contributed by atoms with Crippen molar-refractivity contribution in [1.29, 1.82) is 0 Å². The molecule has 4 heterocycles. The number of amides is 1. The molecule has 0 N–H and O–H groups in total. The molecule has 3 aromatic heterocycles. The van der Waals surface area contributed by atoms with Gasteiger partial charge in [-0.05, 0) is 31.0 Å². The van der Waals surface area contributed by atoms with Gasteiger partial charge in [-0.25, -0.2) is 14.4 Å². The molecular formula is C17H15FN6O2. The summed E-state index contributed by atoms with van der Waals surface area (Å²) in [5.41, 5.74) is -1.03. The molecule has 9 heteroatoms. The van der Waals surface area contributed by atoms with Gasteiger partial charge in [0.15, 0.2) is 0 Å². The number of piperidine rings is 1. The SMILES string of the molecule is O=C(c1ccncn1)N1CCCC(F)(c2nc(-c3cccnc3)no2)C1. The number of rotatable bonds is 3. The fourth-order valence-corrected chi connectivity index (χ4v) is 2.96. The van der Waals surface area contributed by atoms with Crippen LogP contribution in [0.1, 0.15) is 29.2 Å². The van der Waals surface area contributed by atoms with E-state index in [1.54, 1.807) is 24.5 Å². The normalized spacial score (nSPS) is 20.1. The lowest BCUT2D eigenvalue weighted by Gasteiger charge is -2.34. The second kappa shape index (κ2) is 6.58. The maximum absolute atomic E-state index is 15.5. The Bertz CT molecular complexity index is 904. The van der Waals surface area contributed by atoms with E-state index in [4.69, 9.17) is 4.52 Å². The fourth-order valence-electron chi connectivity index (χ4n) is 2.96. The molecule has 0 spiro atoms. The van der Waals surface area contributed by atoms with E-state index in [9.17, 15) is 4.79 Å². The summed E-state index contributed by atoms with van der Waals surface area (Å²) in [6.07, 6.45) is 6.65. The van der Waals surface area contributed by atoms with Crippen molar-refractivity contribution < 1.29 is 13.7 Å². The number of hydrogen-bond acceptors (Lipinski definition) is 7. The number of alkyl halides is 1. The first-order valence-corrected chi connectivity index (χ1v) is 8.14. The minimum Gasteiger partial charge on any atom is -0.335 e. The van der Waals surface area contributed by atoms with E-state index >= 15 is 4.39 Å². The van der Waals surface area contributed by atoms with Crippen LogP contribution in [0.3, 0.4) is 0 Å². The maximum Gasteiger partial charge on any atom is 0.272 e. The van der Waals surface area contributed by atoms with Crippen LogP contribution in [0.2, 0.25) is 0 Å². The van der Waals surface area contributed by atoms with E-state index in [0.29, 0.717) is 18.5 Å². The standard InChI is InChI=1S/C17H15FN6O2/c18-17(16-22-14(23-26-16)12-3-1-6-19-9-12)5-2-8-24(10-17)15(25)13-4-7-20-11-21-13/h1,3-4,6-7,9,11H,2,5,8,10H2. The van der Waals surface area contributed by atoms with E-state index < -0.39 is 5.67 Å². The lowest BCUT2D eigenvalue weighted by molar-refractivity contribution is 0.0149. The molecule has 8 nitrogen and oxygen atoms in total. The van der Waals surface area contributed by atoms with Gasteiger partial charge in [0, 0.05) is 30.7 Å². The zero-order valence-corrected chi connectivity index (χ0v) is 13.7. The van der Waals surface area contributed by atoms with Crippen molar-refractivity contribution in [3.63, 3.8) is 0 Å². The van der Waals surface area contributed by atoms with Gasteiger partial charge < -0.3 is 9.42 Å². The van der Waals surface area contributed by atoms with E-state index in [1.165, 1.54) is 23.5 Å². The zero-order chi connectivity index (χ0) is 18.0. The first-order chi connectivity index (χ1) is 12.7. The average Bonchev–Trinajstić information content (AvgIpc) is 3.20. The van der Waals surface area contributed by atoms with E-state index in [1.807, 2.05) is 0 Å². The summed E-state index contributed by atoms with van der Waals surface area (Å²) in [4.78, 5) is 29.9. The van der Waals surface area contributed by atoms with Crippen LogP contribution in [0, 0.1) is 0 Å². The number of halogens is 1. The summed E-state index contributed by atoms with van der Waals surface area (Å²) in [6.45, 7) is 0.280. The fraction of sp³-hybridized carbons (Fsp3) is 0.294. The van der Waals surface area contributed by atoms with Gasteiger partial charge >= 0.3 is 0 Å². The highest BCUT2D eigenvalue weighted by Gasteiger charge is 2.44. The Balaban J connectivity index is 1.56. The number of pyridine rings is 1. The first-order valence-electron chi connectivity index (χ1n) is 8.14. The van der Waals surface area contributed by atoms with Crippen molar-refractivity contribution in [2.75, 3.05) is 13.1 Å². The van der Waals surface area contributed by atoms with Crippen LogP contribution in [-0.4, -0.2) is 49.0 Å². The number of likely N-dealkylation sites (tertiary alicyclic amines) is 1. The summed E-state index contributed by atoms with van der Waals surface area (Å²) in [7, 11) is 0. The molecule has 1 atom stereocenters. The minimum atomic E-state index is -1.89. The third kappa shape index (κ3) is 3.03. The Morgan fingerprint density at radius 3 is 2.96 bits per heavy atom. The number of nitrogens with zero attached hydrogens (tertiary/aromatic N) is 6. The second-order valence-corrected chi connectivity index (χ2v) is 6.06. The summed E-state index contributed by atoms with van der Waals surface area (Å²) in [5, 5.41) is 3.84.